The molecule has 0 fully saturated rings. The molecule has 3 nitrogen and oxygen atoms in total. The van der Waals surface area contributed by atoms with Crippen LogP contribution >= 0.6 is 11.6 Å². The Balaban J connectivity index is 2.27. The first-order valence-electron chi connectivity index (χ1n) is 5.58. The van der Waals surface area contributed by atoms with Gasteiger partial charge in [0, 0.05) is 5.56 Å². The maximum Gasteiger partial charge on any atom is 0.339 e. The van der Waals surface area contributed by atoms with Crippen molar-refractivity contribution in [3.8, 4) is 5.75 Å². The van der Waals surface area contributed by atoms with Gasteiger partial charge in [0.05, 0.1) is 5.02 Å². The zero-order valence-electron chi connectivity index (χ0n) is 10.1. The number of para-hydroxylation sites is 1. The summed E-state index contributed by atoms with van der Waals surface area (Å²) in [6, 6.07) is 7.67. The number of carbonyl (C=O) groups is 1. The second-order valence-corrected chi connectivity index (χ2v) is 4.30. The lowest BCUT2D eigenvalue weighted by Gasteiger charge is -2.11. The van der Waals surface area contributed by atoms with Gasteiger partial charge in [-0.05, 0) is 18.2 Å². The van der Waals surface area contributed by atoms with Crippen LogP contribution in [0.1, 0.15) is 15.9 Å². The Kier molecular flexibility index (Phi) is 4.20. The Bertz CT molecular complexity index is 659. The van der Waals surface area contributed by atoms with E-state index in [1.807, 2.05) is 0 Å². The highest BCUT2D eigenvalue weighted by molar-refractivity contribution is 6.31. The van der Waals surface area contributed by atoms with Crippen LogP contribution in [0.25, 0.3) is 0 Å². The number of halogens is 3. The van der Waals surface area contributed by atoms with E-state index in [0.29, 0.717) is 5.56 Å². The minimum absolute atomic E-state index is 0.138. The van der Waals surface area contributed by atoms with E-state index in [2.05, 4.69) is 0 Å². The van der Waals surface area contributed by atoms with Gasteiger partial charge in [-0.25, -0.2) is 13.6 Å². The fourth-order valence-corrected chi connectivity index (χ4v) is 1.81. The topological polar surface area (TPSA) is 46.5 Å². The van der Waals surface area contributed by atoms with E-state index in [1.165, 1.54) is 30.3 Å². The molecular formula is C14H9ClF2O3. The molecular weight excluding hydrogens is 290 g/mol. The van der Waals surface area contributed by atoms with Gasteiger partial charge in [-0.2, -0.15) is 0 Å². The van der Waals surface area contributed by atoms with Crippen molar-refractivity contribution in [1.82, 2.24) is 0 Å². The van der Waals surface area contributed by atoms with Crippen LogP contribution in [0, 0.1) is 11.6 Å². The van der Waals surface area contributed by atoms with E-state index < -0.39 is 23.4 Å². The molecule has 0 spiro atoms. The van der Waals surface area contributed by atoms with Crippen LogP contribution < -0.4 is 4.74 Å². The van der Waals surface area contributed by atoms with Crippen LogP contribution in [0.5, 0.6) is 5.75 Å². The second-order valence-electron chi connectivity index (χ2n) is 3.92. The number of benzene rings is 2. The number of aromatic carboxylic acids is 1. The van der Waals surface area contributed by atoms with Gasteiger partial charge in [-0.15, -0.1) is 0 Å². The predicted octanol–water partition coefficient (Wildman–Crippen LogP) is 3.90. The van der Waals surface area contributed by atoms with Crippen molar-refractivity contribution in [1.29, 1.82) is 0 Å². The van der Waals surface area contributed by atoms with Gasteiger partial charge in [0.25, 0.3) is 0 Å². The lowest BCUT2D eigenvalue weighted by Crippen LogP contribution is -2.06. The molecule has 0 atom stereocenters. The molecule has 6 heteroatoms. The van der Waals surface area contributed by atoms with Crippen molar-refractivity contribution < 1.29 is 23.4 Å². The molecule has 0 heterocycles. The molecule has 20 heavy (non-hydrogen) atoms. The van der Waals surface area contributed by atoms with Gasteiger partial charge >= 0.3 is 5.97 Å². The number of hydrogen-bond acceptors (Lipinski definition) is 2. The summed E-state index contributed by atoms with van der Waals surface area (Å²) in [6.07, 6.45) is 0. The zero-order valence-corrected chi connectivity index (χ0v) is 10.8. The second kappa shape index (κ2) is 5.88. The van der Waals surface area contributed by atoms with Crippen molar-refractivity contribution in [2.24, 2.45) is 0 Å². The van der Waals surface area contributed by atoms with Crippen LogP contribution in [0.3, 0.4) is 0 Å². The molecule has 0 amide bonds. The Morgan fingerprint density at radius 2 is 1.80 bits per heavy atom. The average molecular weight is 299 g/mol. The van der Waals surface area contributed by atoms with Crippen LogP contribution in [-0.4, -0.2) is 11.1 Å². The van der Waals surface area contributed by atoms with E-state index in [9.17, 15) is 13.6 Å². The number of ether oxygens (including phenoxy) is 1. The van der Waals surface area contributed by atoms with Crippen LogP contribution in [-0.2, 0) is 6.61 Å². The zero-order chi connectivity index (χ0) is 14.7. The van der Waals surface area contributed by atoms with Crippen molar-refractivity contribution in [2.45, 2.75) is 6.61 Å². The summed E-state index contributed by atoms with van der Waals surface area (Å²) in [5, 5.41) is 8.82. The highest BCUT2D eigenvalue weighted by Crippen LogP contribution is 2.26. The van der Waals surface area contributed by atoms with Crippen molar-refractivity contribution in [3.05, 3.63) is 64.2 Å². The van der Waals surface area contributed by atoms with Crippen molar-refractivity contribution >= 4 is 17.6 Å². The van der Waals surface area contributed by atoms with E-state index in [-0.39, 0.29) is 17.2 Å². The molecule has 0 unspecified atom stereocenters. The molecule has 0 aromatic heterocycles. The largest absolute Gasteiger partial charge is 0.485 e. The quantitative estimate of drug-likeness (QED) is 0.931. The van der Waals surface area contributed by atoms with E-state index >= 15 is 0 Å². The molecule has 0 saturated carbocycles. The summed E-state index contributed by atoms with van der Waals surface area (Å²) >= 11 is 5.74. The summed E-state index contributed by atoms with van der Waals surface area (Å²) in [5.41, 5.74) is -0.0104. The lowest BCUT2D eigenvalue weighted by atomic mass is 10.2. The first-order chi connectivity index (χ1) is 9.50. The Morgan fingerprint density at radius 3 is 2.50 bits per heavy atom. The Labute approximate surface area is 118 Å². The molecule has 0 radical (unpaired) electrons. The highest BCUT2D eigenvalue weighted by atomic mass is 35.5. The number of carboxylic acids is 1. The monoisotopic (exact) mass is 298 g/mol. The fraction of sp³-hybridized carbons (Fsp3) is 0.0714. The molecule has 0 bridgehead atoms. The van der Waals surface area contributed by atoms with Crippen molar-refractivity contribution in [2.75, 3.05) is 0 Å². The standard InChI is InChI=1S/C14H9ClF2O3/c15-12-8(3-1-5-10(12)16)7-20-13-9(14(18)19)4-2-6-11(13)17/h1-6H,7H2,(H,18,19). The molecule has 0 aliphatic rings. The highest BCUT2D eigenvalue weighted by Gasteiger charge is 2.16. The van der Waals surface area contributed by atoms with Gasteiger partial charge < -0.3 is 9.84 Å². The van der Waals surface area contributed by atoms with Gasteiger partial charge in [0.2, 0.25) is 0 Å². The third-order valence-electron chi connectivity index (χ3n) is 2.60. The van der Waals surface area contributed by atoms with E-state index in [4.69, 9.17) is 21.4 Å². The lowest BCUT2D eigenvalue weighted by molar-refractivity contribution is 0.0690. The van der Waals surface area contributed by atoms with Crippen LogP contribution in [0.2, 0.25) is 5.02 Å². The maximum absolute atomic E-state index is 13.6. The summed E-state index contributed by atoms with van der Waals surface area (Å²) in [6.45, 7) is -0.238. The number of rotatable bonds is 4. The van der Waals surface area contributed by atoms with Crippen molar-refractivity contribution in [3.63, 3.8) is 0 Å². The van der Waals surface area contributed by atoms with Gasteiger partial charge in [-0.3, -0.25) is 0 Å². The minimum atomic E-state index is -1.31. The maximum atomic E-state index is 13.6. The first-order valence-corrected chi connectivity index (χ1v) is 5.96. The molecule has 104 valence electrons. The Hall–Kier alpha value is -2.14. The van der Waals surface area contributed by atoms with Crippen LogP contribution in [0.4, 0.5) is 8.78 Å². The smallest absolute Gasteiger partial charge is 0.339 e. The summed E-state index contributed by atoms with van der Waals surface area (Å²) in [5.74, 6) is -3.15. The van der Waals surface area contributed by atoms with E-state index in [0.717, 1.165) is 6.07 Å². The summed E-state index contributed by atoms with van der Waals surface area (Å²) in [4.78, 5) is 11.0. The summed E-state index contributed by atoms with van der Waals surface area (Å²) in [7, 11) is 0. The van der Waals surface area contributed by atoms with E-state index in [1.54, 1.807) is 0 Å². The third kappa shape index (κ3) is 2.88. The first kappa shape index (κ1) is 14.3. The molecule has 2 aromatic carbocycles. The third-order valence-corrected chi connectivity index (χ3v) is 3.02. The molecule has 1 N–H and O–H groups in total. The molecule has 0 aliphatic carbocycles. The fourth-order valence-electron chi connectivity index (χ4n) is 1.63. The number of hydrogen-bond donors (Lipinski definition) is 1. The molecule has 2 aromatic rings. The average Bonchev–Trinajstić information content (AvgIpc) is 2.41. The predicted molar refractivity (Wildman–Crippen MR) is 69.1 cm³/mol. The Morgan fingerprint density at radius 1 is 1.15 bits per heavy atom. The van der Waals surface area contributed by atoms with Gasteiger partial charge in [-0.1, -0.05) is 29.8 Å². The number of carboxylic acid groups (broad SMARTS) is 1. The normalized spacial score (nSPS) is 10.3. The summed E-state index contributed by atoms with van der Waals surface area (Å²) < 4.78 is 32.0. The van der Waals surface area contributed by atoms with Crippen LogP contribution in [0.15, 0.2) is 36.4 Å². The molecule has 0 aliphatic heterocycles. The van der Waals surface area contributed by atoms with Gasteiger partial charge in [0.15, 0.2) is 11.6 Å². The molecule has 2 rings (SSSR count). The molecule has 0 saturated heterocycles. The minimum Gasteiger partial charge on any atom is -0.485 e. The van der Waals surface area contributed by atoms with Gasteiger partial charge in [0.1, 0.15) is 18.0 Å². The SMILES string of the molecule is O=C(O)c1cccc(F)c1OCc1cccc(F)c1Cl.